The average molecular weight is 359 g/mol. The van der Waals surface area contributed by atoms with Crippen LogP contribution in [0, 0.1) is 0 Å². The Bertz CT molecular complexity index is 822. The Morgan fingerprint density at radius 1 is 1.17 bits per heavy atom. The van der Waals surface area contributed by atoms with Crippen LogP contribution in [-0.4, -0.2) is 36.7 Å². The van der Waals surface area contributed by atoms with Gasteiger partial charge in [-0.15, -0.1) is 0 Å². The van der Waals surface area contributed by atoms with E-state index in [2.05, 4.69) is 9.97 Å². The third-order valence-corrected chi connectivity index (χ3v) is 4.02. The molecular weight excluding hydrogens is 347 g/mol. The Balaban J connectivity index is 2.31. The zero-order valence-electron chi connectivity index (χ0n) is 12.3. The molecule has 0 aliphatic carbocycles. The molecule has 0 radical (unpaired) electrons. The van der Waals surface area contributed by atoms with E-state index >= 15 is 0 Å². The van der Waals surface area contributed by atoms with E-state index < -0.39 is 28.0 Å². The van der Waals surface area contributed by atoms with Gasteiger partial charge in [0.15, 0.2) is 20.9 Å². The summed E-state index contributed by atoms with van der Waals surface area (Å²) in [5.41, 5.74) is -0.364. The number of sulfone groups is 1. The van der Waals surface area contributed by atoms with E-state index in [9.17, 15) is 26.4 Å². The molecular formula is C14H12F3N3O3S. The van der Waals surface area contributed by atoms with Crippen LogP contribution in [0.5, 0.6) is 0 Å². The largest absolute Gasteiger partial charge is 0.412 e. The maximum atomic E-state index is 13.2. The fourth-order valence-corrected chi connectivity index (χ4v) is 2.41. The molecule has 10 heteroatoms. The number of nitrogens with zero attached hydrogens (tertiary/aromatic N) is 2. The van der Waals surface area contributed by atoms with Crippen molar-refractivity contribution in [3.8, 4) is 0 Å². The topological polar surface area (TPSA) is 89.0 Å². The number of carbonyl (C=O) groups excluding carboxylic acids is 1. The minimum Gasteiger partial charge on any atom is -0.337 e. The molecule has 6 nitrogen and oxygen atoms in total. The summed E-state index contributed by atoms with van der Waals surface area (Å²) in [7, 11) is -3.63. The first-order chi connectivity index (χ1) is 11.1. The molecule has 128 valence electrons. The number of carbonyl (C=O) groups is 1. The summed E-state index contributed by atoms with van der Waals surface area (Å²) >= 11 is 0. The fourth-order valence-electron chi connectivity index (χ4n) is 1.85. The summed E-state index contributed by atoms with van der Waals surface area (Å²) in [6, 6.07) is 2.15. The van der Waals surface area contributed by atoms with Crippen LogP contribution in [0.3, 0.4) is 0 Å². The molecule has 1 amide bonds. The molecule has 0 aliphatic rings. The molecule has 1 N–H and O–H groups in total. The Kier molecular flexibility index (Phi) is 4.88. The summed E-state index contributed by atoms with van der Waals surface area (Å²) in [5, 5.41) is 1.51. The zero-order chi connectivity index (χ0) is 18.0. The van der Waals surface area contributed by atoms with E-state index in [-0.39, 0.29) is 16.2 Å². The highest BCUT2D eigenvalue weighted by Gasteiger charge is 2.42. The van der Waals surface area contributed by atoms with Gasteiger partial charge < -0.3 is 5.32 Å². The molecule has 0 saturated heterocycles. The summed E-state index contributed by atoms with van der Waals surface area (Å²) in [6.45, 7) is 0. The fraction of sp³-hybridized carbons (Fsp3) is 0.214. The molecule has 0 aliphatic heterocycles. The van der Waals surface area contributed by atoms with Gasteiger partial charge in [0.1, 0.15) is 0 Å². The molecule has 0 bridgehead atoms. The number of amides is 1. The summed E-state index contributed by atoms with van der Waals surface area (Å²) in [5.74, 6) is -0.938. The minimum absolute atomic E-state index is 0.0139. The molecule has 0 saturated carbocycles. The number of rotatable bonds is 4. The minimum atomic E-state index is -4.78. The second-order valence-corrected chi connectivity index (χ2v) is 6.85. The predicted octanol–water partition coefficient (Wildman–Crippen LogP) is 1.91. The SMILES string of the molecule is CS(=O)(=O)c1ccc(C(NC(=O)c2ccncc2)C(F)(F)F)cn1. The quantitative estimate of drug-likeness (QED) is 0.901. The van der Waals surface area contributed by atoms with E-state index in [1.165, 1.54) is 24.5 Å². The number of hydrogen-bond donors (Lipinski definition) is 1. The maximum absolute atomic E-state index is 13.2. The molecule has 1 unspecified atom stereocenters. The van der Waals surface area contributed by atoms with Crippen LogP contribution in [0.2, 0.25) is 0 Å². The zero-order valence-corrected chi connectivity index (χ0v) is 13.1. The van der Waals surface area contributed by atoms with E-state index in [1.54, 1.807) is 0 Å². The first-order valence-electron chi connectivity index (χ1n) is 6.52. The third-order valence-electron chi connectivity index (χ3n) is 3.02. The van der Waals surface area contributed by atoms with Crippen molar-refractivity contribution in [2.45, 2.75) is 17.2 Å². The van der Waals surface area contributed by atoms with Crippen molar-refractivity contribution in [1.29, 1.82) is 0 Å². The van der Waals surface area contributed by atoms with Gasteiger partial charge in [-0.05, 0) is 18.2 Å². The summed E-state index contributed by atoms with van der Waals surface area (Å²) in [4.78, 5) is 19.1. The molecule has 2 aromatic rings. The standard InChI is InChI=1S/C14H12F3N3O3S/c1-24(22,23)11-3-2-10(8-19-11)12(14(15,16)17)20-13(21)9-4-6-18-7-5-9/h2-8,12H,1H3,(H,20,21). The lowest BCUT2D eigenvalue weighted by molar-refractivity contribution is -0.155. The number of aromatic nitrogens is 2. The molecule has 24 heavy (non-hydrogen) atoms. The van der Waals surface area contributed by atoms with Crippen LogP contribution < -0.4 is 5.32 Å². The normalized spacial score (nSPS) is 13.3. The Morgan fingerprint density at radius 3 is 2.25 bits per heavy atom. The Morgan fingerprint density at radius 2 is 1.79 bits per heavy atom. The van der Waals surface area contributed by atoms with Crippen molar-refractivity contribution < 1.29 is 26.4 Å². The smallest absolute Gasteiger partial charge is 0.337 e. The summed E-state index contributed by atoms with van der Waals surface area (Å²) < 4.78 is 62.4. The lowest BCUT2D eigenvalue weighted by Gasteiger charge is -2.22. The first-order valence-corrected chi connectivity index (χ1v) is 8.42. The number of pyridine rings is 2. The van der Waals surface area contributed by atoms with Gasteiger partial charge in [-0.1, -0.05) is 6.07 Å². The third kappa shape index (κ3) is 4.28. The van der Waals surface area contributed by atoms with E-state index in [4.69, 9.17) is 0 Å². The van der Waals surface area contributed by atoms with Gasteiger partial charge in [-0.2, -0.15) is 13.2 Å². The molecule has 2 heterocycles. The van der Waals surface area contributed by atoms with E-state index in [0.717, 1.165) is 24.6 Å². The number of nitrogens with one attached hydrogen (secondary N) is 1. The van der Waals surface area contributed by atoms with Crippen molar-refractivity contribution in [1.82, 2.24) is 15.3 Å². The first kappa shape index (κ1) is 17.9. The van der Waals surface area contributed by atoms with Crippen molar-refractivity contribution in [3.05, 3.63) is 54.0 Å². The van der Waals surface area contributed by atoms with Crippen LogP contribution in [-0.2, 0) is 9.84 Å². The molecule has 0 fully saturated rings. The molecule has 2 rings (SSSR count). The molecule has 2 aromatic heterocycles. The molecule has 0 aromatic carbocycles. The van der Waals surface area contributed by atoms with Gasteiger partial charge in [0.05, 0.1) is 0 Å². The van der Waals surface area contributed by atoms with Crippen LogP contribution in [0.4, 0.5) is 13.2 Å². The van der Waals surface area contributed by atoms with E-state index in [0.29, 0.717) is 0 Å². The predicted molar refractivity (Wildman–Crippen MR) is 77.8 cm³/mol. The van der Waals surface area contributed by atoms with Crippen LogP contribution in [0.25, 0.3) is 0 Å². The van der Waals surface area contributed by atoms with Crippen LogP contribution in [0.1, 0.15) is 22.0 Å². The second kappa shape index (κ2) is 6.56. The van der Waals surface area contributed by atoms with Gasteiger partial charge >= 0.3 is 6.18 Å². The van der Waals surface area contributed by atoms with Gasteiger partial charge in [-0.3, -0.25) is 9.78 Å². The van der Waals surface area contributed by atoms with Gasteiger partial charge in [-0.25, -0.2) is 13.4 Å². The van der Waals surface area contributed by atoms with Crippen LogP contribution in [0.15, 0.2) is 47.9 Å². The lowest BCUT2D eigenvalue weighted by atomic mass is 10.1. The highest BCUT2D eigenvalue weighted by Crippen LogP contribution is 2.32. The van der Waals surface area contributed by atoms with Gasteiger partial charge in [0.2, 0.25) is 0 Å². The Labute approximate surface area is 135 Å². The van der Waals surface area contributed by atoms with E-state index in [1.807, 2.05) is 5.32 Å². The van der Waals surface area contributed by atoms with Crippen LogP contribution >= 0.6 is 0 Å². The molecule has 0 spiro atoms. The highest BCUT2D eigenvalue weighted by molar-refractivity contribution is 7.90. The lowest BCUT2D eigenvalue weighted by Crippen LogP contribution is -2.38. The number of hydrogen-bond acceptors (Lipinski definition) is 5. The van der Waals surface area contributed by atoms with Gasteiger partial charge in [0.25, 0.3) is 5.91 Å². The monoisotopic (exact) mass is 359 g/mol. The molecule has 1 atom stereocenters. The highest BCUT2D eigenvalue weighted by atomic mass is 32.2. The van der Waals surface area contributed by atoms with Gasteiger partial charge in [0, 0.05) is 36.0 Å². The number of halogens is 3. The maximum Gasteiger partial charge on any atom is 0.412 e. The van der Waals surface area contributed by atoms with Crippen molar-refractivity contribution >= 4 is 15.7 Å². The Hall–Kier alpha value is -2.49. The van der Waals surface area contributed by atoms with Crippen molar-refractivity contribution in [2.24, 2.45) is 0 Å². The van der Waals surface area contributed by atoms with Crippen molar-refractivity contribution in [3.63, 3.8) is 0 Å². The number of alkyl halides is 3. The van der Waals surface area contributed by atoms with Crippen molar-refractivity contribution in [2.75, 3.05) is 6.26 Å². The second-order valence-electron chi connectivity index (χ2n) is 4.89. The average Bonchev–Trinajstić information content (AvgIpc) is 2.51. The summed E-state index contributed by atoms with van der Waals surface area (Å²) in [6.07, 6.45) is -0.556.